The lowest BCUT2D eigenvalue weighted by molar-refractivity contribution is -0.225. The first-order chi connectivity index (χ1) is 10.9. The number of ether oxygens (including phenoxy) is 1. The van der Waals surface area contributed by atoms with Crippen LogP contribution in [0.2, 0.25) is 0 Å². The van der Waals surface area contributed by atoms with Gasteiger partial charge in [-0.1, -0.05) is 26.0 Å². The van der Waals surface area contributed by atoms with E-state index in [1.807, 2.05) is 19.9 Å². The first-order valence-electron chi connectivity index (χ1n) is 8.30. The first kappa shape index (κ1) is 19.2. The van der Waals surface area contributed by atoms with Crippen LogP contribution < -0.4 is 11.1 Å². The van der Waals surface area contributed by atoms with E-state index in [1.165, 1.54) is 12.1 Å². The molecule has 1 aromatic rings. The summed E-state index contributed by atoms with van der Waals surface area (Å²) in [6, 6.07) is 6.43. The van der Waals surface area contributed by atoms with E-state index in [2.05, 4.69) is 5.32 Å². The van der Waals surface area contributed by atoms with Crippen LogP contribution >= 0.6 is 12.4 Å². The second-order valence-corrected chi connectivity index (χ2v) is 7.27. The summed E-state index contributed by atoms with van der Waals surface area (Å²) in [4.78, 5) is 12.7. The molecule has 24 heavy (non-hydrogen) atoms. The topological polar surface area (TPSA) is 64.3 Å². The highest BCUT2D eigenvalue weighted by Gasteiger charge is 2.70. The van der Waals surface area contributed by atoms with Crippen molar-refractivity contribution in [2.75, 3.05) is 13.2 Å². The van der Waals surface area contributed by atoms with E-state index in [-0.39, 0.29) is 41.6 Å². The van der Waals surface area contributed by atoms with Gasteiger partial charge in [0.25, 0.3) is 0 Å². The molecule has 1 saturated carbocycles. The summed E-state index contributed by atoms with van der Waals surface area (Å²) in [5.74, 6) is -0.294. The quantitative estimate of drug-likeness (QED) is 0.870. The Bertz CT molecular complexity index is 610. The molecule has 3 rings (SSSR count). The highest BCUT2D eigenvalue weighted by Crippen LogP contribution is 2.57. The van der Waals surface area contributed by atoms with Crippen LogP contribution in [0.5, 0.6) is 0 Å². The van der Waals surface area contributed by atoms with Crippen molar-refractivity contribution in [1.82, 2.24) is 5.32 Å². The normalized spacial score (nSPS) is 30.5. The number of nitrogens with two attached hydrogens (primary N) is 1. The van der Waals surface area contributed by atoms with Gasteiger partial charge >= 0.3 is 0 Å². The van der Waals surface area contributed by atoms with Crippen LogP contribution in [0.1, 0.15) is 32.3 Å². The maximum absolute atomic E-state index is 13.2. The molecule has 3 N–H and O–H groups in total. The van der Waals surface area contributed by atoms with E-state index in [1.54, 1.807) is 6.07 Å². The fourth-order valence-corrected chi connectivity index (χ4v) is 4.20. The van der Waals surface area contributed by atoms with Gasteiger partial charge in [-0.15, -0.1) is 12.4 Å². The number of rotatable bonds is 4. The Kier molecular flexibility index (Phi) is 5.57. The van der Waals surface area contributed by atoms with Crippen molar-refractivity contribution in [3.8, 4) is 0 Å². The maximum atomic E-state index is 13.2. The Morgan fingerprint density at radius 1 is 1.46 bits per heavy atom. The summed E-state index contributed by atoms with van der Waals surface area (Å²) in [6.45, 7) is 5.22. The Morgan fingerprint density at radius 2 is 2.21 bits per heavy atom. The van der Waals surface area contributed by atoms with E-state index in [0.29, 0.717) is 13.0 Å². The van der Waals surface area contributed by atoms with Gasteiger partial charge in [-0.3, -0.25) is 4.79 Å². The van der Waals surface area contributed by atoms with E-state index in [0.717, 1.165) is 25.0 Å². The molecule has 0 bridgehead atoms. The van der Waals surface area contributed by atoms with Crippen molar-refractivity contribution in [3.05, 3.63) is 35.6 Å². The van der Waals surface area contributed by atoms with Crippen LogP contribution in [0.3, 0.4) is 0 Å². The molecule has 1 aromatic carbocycles. The molecule has 1 aliphatic heterocycles. The molecule has 6 heteroatoms. The number of fused-ring (bicyclic) bond motifs is 1. The lowest BCUT2D eigenvalue weighted by Gasteiger charge is -2.65. The van der Waals surface area contributed by atoms with Crippen LogP contribution in [-0.4, -0.2) is 30.7 Å². The molecular formula is C18H26ClFN2O2. The SMILES string of the molecule is CC1(C)C2OCCCC2C1(N)C(=O)NCCc1cccc(F)c1.Cl. The summed E-state index contributed by atoms with van der Waals surface area (Å²) >= 11 is 0. The standard InChI is InChI=1S/C18H25FN2O2.ClH/c1-17(2)15-14(7-4-10-23-15)18(17,20)16(22)21-9-8-12-5-3-6-13(19)11-12;/h3,5-6,11,14-15H,4,7-10,20H2,1-2H3,(H,21,22);1H. The average Bonchev–Trinajstić information content (AvgIpc) is 2.54. The number of carbonyl (C=O) groups excluding carboxylic acids is 1. The van der Waals surface area contributed by atoms with E-state index >= 15 is 0 Å². The number of benzene rings is 1. The van der Waals surface area contributed by atoms with Gasteiger partial charge < -0.3 is 15.8 Å². The van der Waals surface area contributed by atoms with Crippen LogP contribution in [0, 0.1) is 17.2 Å². The molecule has 2 aliphatic rings. The third kappa shape index (κ3) is 2.93. The van der Waals surface area contributed by atoms with E-state index in [4.69, 9.17) is 10.5 Å². The van der Waals surface area contributed by atoms with Gasteiger partial charge in [0.15, 0.2) is 0 Å². The van der Waals surface area contributed by atoms with Crippen LogP contribution in [0.4, 0.5) is 4.39 Å². The Labute approximate surface area is 148 Å². The van der Waals surface area contributed by atoms with Gasteiger partial charge in [-0.25, -0.2) is 4.39 Å². The highest BCUT2D eigenvalue weighted by atomic mass is 35.5. The fraction of sp³-hybridized carbons (Fsp3) is 0.611. The Hall–Kier alpha value is -1.17. The van der Waals surface area contributed by atoms with E-state index < -0.39 is 5.54 Å². The first-order valence-corrected chi connectivity index (χ1v) is 8.30. The molecule has 1 amide bonds. The van der Waals surface area contributed by atoms with Crippen LogP contribution in [0.25, 0.3) is 0 Å². The number of nitrogens with one attached hydrogen (secondary N) is 1. The van der Waals surface area contributed by atoms with Crippen molar-refractivity contribution in [1.29, 1.82) is 0 Å². The molecule has 1 saturated heterocycles. The molecule has 1 heterocycles. The van der Waals surface area contributed by atoms with Gasteiger partial charge in [0.1, 0.15) is 11.4 Å². The van der Waals surface area contributed by atoms with Gasteiger partial charge in [0, 0.05) is 24.5 Å². The van der Waals surface area contributed by atoms with Crippen LogP contribution in [0.15, 0.2) is 24.3 Å². The average molecular weight is 357 g/mol. The molecule has 2 fully saturated rings. The maximum Gasteiger partial charge on any atom is 0.241 e. The largest absolute Gasteiger partial charge is 0.377 e. The smallest absolute Gasteiger partial charge is 0.241 e. The van der Waals surface area contributed by atoms with Gasteiger partial charge in [0.2, 0.25) is 5.91 Å². The molecular weight excluding hydrogens is 331 g/mol. The number of carbonyl (C=O) groups is 1. The molecule has 0 aromatic heterocycles. The van der Waals surface area contributed by atoms with Crippen molar-refractivity contribution in [3.63, 3.8) is 0 Å². The minimum absolute atomic E-state index is 0. The third-order valence-electron chi connectivity index (χ3n) is 5.65. The molecule has 0 radical (unpaired) electrons. The van der Waals surface area contributed by atoms with Gasteiger partial charge in [0.05, 0.1) is 6.10 Å². The lowest BCUT2D eigenvalue weighted by atomic mass is 9.46. The van der Waals surface area contributed by atoms with Crippen molar-refractivity contribution in [2.45, 2.75) is 44.8 Å². The minimum atomic E-state index is -0.889. The summed E-state index contributed by atoms with van der Waals surface area (Å²) in [5, 5.41) is 2.94. The summed E-state index contributed by atoms with van der Waals surface area (Å²) in [6.07, 6.45) is 2.54. The van der Waals surface area contributed by atoms with Crippen molar-refractivity contribution in [2.24, 2.45) is 17.1 Å². The summed E-state index contributed by atoms with van der Waals surface area (Å²) < 4.78 is 19.0. The predicted octanol–water partition coefficient (Wildman–Crippen LogP) is 2.44. The molecule has 3 unspecified atom stereocenters. The minimum Gasteiger partial charge on any atom is -0.377 e. The van der Waals surface area contributed by atoms with E-state index in [9.17, 15) is 9.18 Å². The molecule has 1 aliphatic carbocycles. The van der Waals surface area contributed by atoms with Crippen LogP contribution in [-0.2, 0) is 16.0 Å². The van der Waals surface area contributed by atoms with Crippen molar-refractivity contribution < 1.29 is 13.9 Å². The van der Waals surface area contributed by atoms with Crippen molar-refractivity contribution >= 4 is 18.3 Å². The third-order valence-corrected chi connectivity index (χ3v) is 5.65. The monoisotopic (exact) mass is 356 g/mol. The number of halogens is 2. The molecule has 4 nitrogen and oxygen atoms in total. The Morgan fingerprint density at radius 3 is 2.92 bits per heavy atom. The number of amides is 1. The number of hydrogen-bond acceptors (Lipinski definition) is 3. The number of hydrogen-bond donors (Lipinski definition) is 2. The molecule has 134 valence electrons. The second kappa shape index (κ2) is 6.98. The zero-order chi connectivity index (χ0) is 16.7. The summed E-state index contributed by atoms with van der Waals surface area (Å²) in [7, 11) is 0. The lowest BCUT2D eigenvalue weighted by Crippen LogP contribution is -2.82. The Balaban J connectivity index is 0.00000208. The highest BCUT2D eigenvalue weighted by molar-refractivity contribution is 5.89. The van der Waals surface area contributed by atoms with Gasteiger partial charge in [-0.05, 0) is 37.0 Å². The summed E-state index contributed by atoms with van der Waals surface area (Å²) in [5.41, 5.74) is 6.13. The van der Waals surface area contributed by atoms with Gasteiger partial charge in [-0.2, -0.15) is 0 Å². The molecule has 3 atom stereocenters. The fourth-order valence-electron chi connectivity index (χ4n) is 4.20. The zero-order valence-electron chi connectivity index (χ0n) is 14.2. The second-order valence-electron chi connectivity index (χ2n) is 7.27. The predicted molar refractivity (Wildman–Crippen MR) is 93.5 cm³/mol. The molecule has 0 spiro atoms. The zero-order valence-corrected chi connectivity index (χ0v) is 15.0.